The van der Waals surface area contributed by atoms with Crippen molar-refractivity contribution in [2.45, 2.75) is 13.3 Å². The van der Waals surface area contributed by atoms with Crippen molar-refractivity contribution in [1.82, 2.24) is 9.97 Å². The van der Waals surface area contributed by atoms with Crippen molar-refractivity contribution < 1.29 is 0 Å². The molecule has 0 atom stereocenters. The van der Waals surface area contributed by atoms with Gasteiger partial charge in [0.05, 0.1) is 11.0 Å². The van der Waals surface area contributed by atoms with E-state index in [1.165, 1.54) is 16.8 Å². The fraction of sp³-hybridized carbons (Fsp3) is 0.188. The number of benzene rings is 2. The van der Waals surface area contributed by atoms with Crippen LogP contribution in [0.5, 0.6) is 0 Å². The zero-order valence-electron chi connectivity index (χ0n) is 10.8. The van der Waals surface area contributed by atoms with Gasteiger partial charge in [0.25, 0.3) is 0 Å². The molecule has 1 aromatic heterocycles. The molecule has 0 amide bonds. The van der Waals surface area contributed by atoms with Crippen molar-refractivity contribution in [3.63, 3.8) is 0 Å². The van der Waals surface area contributed by atoms with Crippen LogP contribution in [0.25, 0.3) is 22.4 Å². The fourth-order valence-corrected chi connectivity index (χ4v) is 2.73. The van der Waals surface area contributed by atoms with E-state index < -0.39 is 0 Å². The highest BCUT2D eigenvalue weighted by Crippen LogP contribution is 2.29. The minimum atomic E-state index is 0.947. The predicted molar refractivity (Wildman–Crippen MR) is 78.5 cm³/mol. The molecule has 0 aliphatic carbocycles. The van der Waals surface area contributed by atoms with Gasteiger partial charge in [-0.2, -0.15) is 0 Å². The number of imidazole rings is 1. The molecule has 0 fully saturated rings. The van der Waals surface area contributed by atoms with Gasteiger partial charge >= 0.3 is 0 Å². The molecule has 2 N–H and O–H groups in total. The zero-order valence-corrected chi connectivity index (χ0v) is 10.8. The minimum absolute atomic E-state index is 0.947. The van der Waals surface area contributed by atoms with E-state index in [9.17, 15) is 0 Å². The Balaban J connectivity index is 1.88. The molecule has 0 unspecified atom stereocenters. The molecule has 3 aromatic rings. The summed E-state index contributed by atoms with van der Waals surface area (Å²) < 4.78 is 0. The van der Waals surface area contributed by atoms with Crippen LogP contribution in [0.4, 0.5) is 5.69 Å². The van der Waals surface area contributed by atoms with Crippen LogP contribution in [0.15, 0.2) is 36.4 Å². The van der Waals surface area contributed by atoms with Gasteiger partial charge in [-0.15, -0.1) is 0 Å². The number of nitrogens with zero attached hydrogens (tertiary/aromatic N) is 1. The molecule has 0 radical (unpaired) electrons. The highest BCUT2D eigenvalue weighted by Gasteiger charge is 2.13. The number of hydrogen-bond acceptors (Lipinski definition) is 2. The van der Waals surface area contributed by atoms with Crippen LogP contribution >= 0.6 is 0 Å². The van der Waals surface area contributed by atoms with Gasteiger partial charge in [-0.25, -0.2) is 4.98 Å². The van der Waals surface area contributed by atoms with Gasteiger partial charge in [-0.1, -0.05) is 23.8 Å². The Bertz CT molecular complexity index is 730. The normalized spacial score (nSPS) is 13.5. The first-order chi connectivity index (χ1) is 9.29. The second-order valence-corrected chi connectivity index (χ2v) is 5.16. The highest BCUT2D eigenvalue weighted by molar-refractivity contribution is 5.85. The number of anilines is 1. The quantitative estimate of drug-likeness (QED) is 0.693. The summed E-state index contributed by atoms with van der Waals surface area (Å²) >= 11 is 0. The lowest BCUT2D eigenvalue weighted by atomic mass is 10.1. The largest absolute Gasteiger partial charge is 0.384 e. The van der Waals surface area contributed by atoms with E-state index in [0.29, 0.717) is 0 Å². The minimum Gasteiger partial charge on any atom is -0.384 e. The number of rotatable bonds is 1. The molecule has 2 heterocycles. The van der Waals surface area contributed by atoms with Crippen molar-refractivity contribution in [3.8, 4) is 11.4 Å². The Morgan fingerprint density at radius 1 is 1.16 bits per heavy atom. The number of H-pyrrole nitrogens is 1. The third-order valence-corrected chi connectivity index (χ3v) is 3.71. The van der Waals surface area contributed by atoms with Crippen molar-refractivity contribution in [3.05, 3.63) is 47.5 Å². The molecular weight excluding hydrogens is 234 g/mol. The topological polar surface area (TPSA) is 40.7 Å². The first-order valence-corrected chi connectivity index (χ1v) is 6.63. The standard InChI is InChI=1S/C16H15N3/c1-10-3-2-4-12(7-10)16-18-14-8-11-5-6-17-13(11)9-15(14)19-16/h2-4,7-9,17H,5-6H2,1H3,(H,18,19). The summed E-state index contributed by atoms with van der Waals surface area (Å²) in [5, 5.41) is 3.40. The third-order valence-electron chi connectivity index (χ3n) is 3.71. The number of hydrogen-bond donors (Lipinski definition) is 2. The zero-order chi connectivity index (χ0) is 12.8. The lowest BCUT2D eigenvalue weighted by molar-refractivity contribution is 1.11. The van der Waals surface area contributed by atoms with Crippen LogP contribution in [0.1, 0.15) is 11.1 Å². The Hall–Kier alpha value is -2.29. The van der Waals surface area contributed by atoms with E-state index in [4.69, 9.17) is 4.98 Å². The van der Waals surface area contributed by atoms with Crippen LogP contribution in [-0.2, 0) is 6.42 Å². The molecule has 3 nitrogen and oxygen atoms in total. The SMILES string of the molecule is Cc1cccc(-c2nc3cc4c(cc3[nH]2)CCN4)c1. The Labute approximate surface area is 111 Å². The van der Waals surface area contributed by atoms with E-state index in [2.05, 4.69) is 53.6 Å². The summed E-state index contributed by atoms with van der Waals surface area (Å²) in [6, 6.07) is 12.8. The van der Waals surface area contributed by atoms with Gasteiger partial charge < -0.3 is 10.3 Å². The highest BCUT2D eigenvalue weighted by atomic mass is 14.9. The van der Waals surface area contributed by atoms with Crippen LogP contribution in [0.2, 0.25) is 0 Å². The van der Waals surface area contributed by atoms with Crippen molar-refractivity contribution >= 4 is 16.7 Å². The van der Waals surface area contributed by atoms with Gasteiger partial charge in [-0.3, -0.25) is 0 Å². The van der Waals surface area contributed by atoms with Crippen LogP contribution in [0, 0.1) is 6.92 Å². The van der Waals surface area contributed by atoms with Crippen LogP contribution in [-0.4, -0.2) is 16.5 Å². The summed E-state index contributed by atoms with van der Waals surface area (Å²) in [5.74, 6) is 0.947. The smallest absolute Gasteiger partial charge is 0.138 e. The lowest BCUT2D eigenvalue weighted by Crippen LogP contribution is -1.90. The number of aryl methyl sites for hydroxylation is 1. The van der Waals surface area contributed by atoms with Gasteiger partial charge in [0, 0.05) is 17.8 Å². The molecule has 2 aromatic carbocycles. The van der Waals surface area contributed by atoms with Gasteiger partial charge in [-0.05, 0) is 37.1 Å². The maximum absolute atomic E-state index is 4.71. The summed E-state index contributed by atoms with van der Waals surface area (Å²) in [6.07, 6.45) is 1.10. The van der Waals surface area contributed by atoms with Crippen molar-refractivity contribution in [1.29, 1.82) is 0 Å². The molecule has 3 heteroatoms. The predicted octanol–water partition coefficient (Wildman–Crippen LogP) is 3.51. The number of fused-ring (bicyclic) bond motifs is 2. The molecule has 94 valence electrons. The average Bonchev–Trinajstić information content (AvgIpc) is 3.00. The lowest BCUT2D eigenvalue weighted by Gasteiger charge is -1.97. The molecule has 1 aliphatic heterocycles. The Kier molecular flexibility index (Phi) is 2.15. The maximum atomic E-state index is 4.71. The van der Waals surface area contributed by atoms with Gasteiger partial charge in [0.2, 0.25) is 0 Å². The number of aromatic nitrogens is 2. The summed E-state index contributed by atoms with van der Waals surface area (Å²) in [6.45, 7) is 3.14. The van der Waals surface area contributed by atoms with Gasteiger partial charge in [0.15, 0.2) is 0 Å². The van der Waals surface area contributed by atoms with Crippen LogP contribution < -0.4 is 5.32 Å². The summed E-state index contributed by atoms with van der Waals surface area (Å²) in [7, 11) is 0. The molecule has 1 aliphatic rings. The third kappa shape index (κ3) is 1.70. The first-order valence-electron chi connectivity index (χ1n) is 6.63. The maximum Gasteiger partial charge on any atom is 0.138 e. The summed E-state index contributed by atoms with van der Waals surface area (Å²) in [5.41, 5.74) is 7.16. The molecule has 0 bridgehead atoms. The van der Waals surface area contributed by atoms with Crippen LogP contribution in [0.3, 0.4) is 0 Å². The van der Waals surface area contributed by atoms with Crippen molar-refractivity contribution in [2.24, 2.45) is 0 Å². The van der Waals surface area contributed by atoms with Crippen molar-refractivity contribution in [2.75, 3.05) is 11.9 Å². The van der Waals surface area contributed by atoms with E-state index >= 15 is 0 Å². The van der Waals surface area contributed by atoms with E-state index in [0.717, 1.165) is 35.4 Å². The second-order valence-electron chi connectivity index (χ2n) is 5.16. The monoisotopic (exact) mass is 249 g/mol. The van der Waals surface area contributed by atoms with E-state index in [-0.39, 0.29) is 0 Å². The second kappa shape index (κ2) is 3.85. The molecule has 19 heavy (non-hydrogen) atoms. The van der Waals surface area contributed by atoms with Gasteiger partial charge in [0.1, 0.15) is 5.82 Å². The Morgan fingerprint density at radius 3 is 3.00 bits per heavy atom. The van der Waals surface area contributed by atoms with E-state index in [1.807, 2.05) is 0 Å². The first kappa shape index (κ1) is 10.6. The average molecular weight is 249 g/mol. The Morgan fingerprint density at radius 2 is 2.11 bits per heavy atom. The summed E-state index contributed by atoms with van der Waals surface area (Å²) in [4.78, 5) is 8.14. The fourth-order valence-electron chi connectivity index (χ4n) is 2.73. The molecular formula is C16H15N3. The number of aromatic amines is 1. The molecule has 0 saturated heterocycles. The van der Waals surface area contributed by atoms with E-state index in [1.54, 1.807) is 0 Å². The molecule has 4 rings (SSSR count). The molecule has 0 spiro atoms. The molecule has 0 saturated carbocycles. The number of nitrogens with one attached hydrogen (secondary N) is 2.